The standard InChI is InChI=1S/C10H9N3O2/c1-2-8-6(3-4-14-8)10-13-7(5-11)9(12)15-10/h3-4H,2,12H2,1H3. The second kappa shape index (κ2) is 3.50. The third-order valence-electron chi connectivity index (χ3n) is 2.06. The van der Waals surface area contributed by atoms with Crippen LogP contribution >= 0.6 is 0 Å². The first-order chi connectivity index (χ1) is 7.26. The van der Waals surface area contributed by atoms with E-state index >= 15 is 0 Å². The summed E-state index contributed by atoms with van der Waals surface area (Å²) in [6.07, 6.45) is 2.28. The first-order valence-corrected chi connectivity index (χ1v) is 4.49. The van der Waals surface area contributed by atoms with Gasteiger partial charge in [-0.1, -0.05) is 6.92 Å². The van der Waals surface area contributed by atoms with Crippen LogP contribution in [0.4, 0.5) is 5.88 Å². The largest absolute Gasteiger partial charge is 0.469 e. The smallest absolute Gasteiger partial charge is 0.233 e. The van der Waals surface area contributed by atoms with E-state index in [0.717, 1.165) is 17.7 Å². The number of nitrogens with zero attached hydrogens (tertiary/aromatic N) is 2. The Kier molecular flexibility index (Phi) is 2.18. The van der Waals surface area contributed by atoms with Crippen LogP contribution in [0.1, 0.15) is 18.4 Å². The van der Waals surface area contributed by atoms with E-state index in [1.807, 2.05) is 13.0 Å². The number of rotatable bonds is 2. The van der Waals surface area contributed by atoms with Gasteiger partial charge < -0.3 is 14.6 Å². The molecule has 0 aliphatic rings. The predicted molar refractivity (Wildman–Crippen MR) is 52.7 cm³/mol. The van der Waals surface area contributed by atoms with E-state index in [0.29, 0.717) is 5.89 Å². The number of furan rings is 1. The Morgan fingerprint density at radius 3 is 3.00 bits per heavy atom. The summed E-state index contributed by atoms with van der Waals surface area (Å²) in [5.41, 5.74) is 6.31. The zero-order chi connectivity index (χ0) is 10.8. The number of nitriles is 1. The van der Waals surface area contributed by atoms with Gasteiger partial charge in [0.2, 0.25) is 17.5 Å². The van der Waals surface area contributed by atoms with Crippen molar-refractivity contribution in [2.24, 2.45) is 0 Å². The number of hydrogen-bond acceptors (Lipinski definition) is 5. The van der Waals surface area contributed by atoms with Crippen LogP contribution in [0.2, 0.25) is 0 Å². The molecule has 2 aromatic heterocycles. The summed E-state index contributed by atoms with van der Waals surface area (Å²) in [6, 6.07) is 3.60. The number of oxazole rings is 1. The van der Waals surface area contributed by atoms with Crippen molar-refractivity contribution in [3.05, 3.63) is 23.8 Å². The average Bonchev–Trinajstić information content (AvgIpc) is 2.82. The Morgan fingerprint density at radius 1 is 1.60 bits per heavy atom. The van der Waals surface area contributed by atoms with Crippen LogP contribution in [0.25, 0.3) is 11.5 Å². The molecule has 0 saturated heterocycles. The van der Waals surface area contributed by atoms with Crippen LogP contribution in [0.5, 0.6) is 0 Å². The van der Waals surface area contributed by atoms with E-state index in [9.17, 15) is 0 Å². The van der Waals surface area contributed by atoms with Crippen LogP contribution in [0.3, 0.4) is 0 Å². The molecule has 0 aliphatic carbocycles. The molecular formula is C10H9N3O2. The molecular weight excluding hydrogens is 194 g/mol. The summed E-state index contributed by atoms with van der Waals surface area (Å²) < 4.78 is 10.4. The topological polar surface area (TPSA) is 89.0 Å². The molecule has 76 valence electrons. The Balaban J connectivity index is 2.51. The molecule has 2 N–H and O–H groups in total. The lowest BCUT2D eigenvalue weighted by Gasteiger charge is -1.92. The molecule has 0 atom stereocenters. The van der Waals surface area contributed by atoms with E-state index in [-0.39, 0.29) is 11.6 Å². The average molecular weight is 203 g/mol. The number of aromatic nitrogens is 1. The Labute approximate surface area is 86.1 Å². The van der Waals surface area contributed by atoms with Gasteiger partial charge in [-0.15, -0.1) is 0 Å². The lowest BCUT2D eigenvalue weighted by atomic mass is 10.2. The van der Waals surface area contributed by atoms with E-state index in [1.54, 1.807) is 12.3 Å². The first-order valence-electron chi connectivity index (χ1n) is 4.49. The third kappa shape index (κ3) is 1.46. The molecule has 0 bridgehead atoms. The van der Waals surface area contributed by atoms with Crippen molar-refractivity contribution in [1.82, 2.24) is 4.98 Å². The molecule has 0 radical (unpaired) electrons. The maximum Gasteiger partial charge on any atom is 0.233 e. The highest BCUT2D eigenvalue weighted by Gasteiger charge is 2.15. The molecule has 2 rings (SSSR count). The molecule has 2 aromatic rings. The van der Waals surface area contributed by atoms with Gasteiger partial charge in [0.25, 0.3) is 0 Å². The lowest BCUT2D eigenvalue weighted by molar-refractivity contribution is 0.513. The monoisotopic (exact) mass is 203 g/mol. The normalized spacial score (nSPS) is 10.1. The maximum absolute atomic E-state index is 8.68. The highest BCUT2D eigenvalue weighted by atomic mass is 16.4. The van der Waals surface area contributed by atoms with Crippen molar-refractivity contribution in [3.8, 4) is 17.5 Å². The van der Waals surface area contributed by atoms with Gasteiger partial charge in [-0.05, 0) is 6.07 Å². The Bertz CT molecular complexity index is 519. The molecule has 0 fully saturated rings. The van der Waals surface area contributed by atoms with Crippen molar-refractivity contribution < 1.29 is 8.83 Å². The third-order valence-corrected chi connectivity index (χ3v) is 2.06. The highest BCUT2D eigenvalue weighted by Crippen LogP contribution is 2.27. The van der Waals surface area contributed by atoms with Crippen molar-refractivity contribution in [3.63, 3.8) is 0 Å². The second-order valence-electron chi connectivity index (χ2n) is 2.95. The fourth-order valence-corrected chi connectivity index (χ4v) is 1.33. The minimum absolute atomic E-state index is 0.0377. The van der Waals surface area contributed by atoms with E-state index in [4.69, 9.17) is 19.8 Å². The van der Waals surface area contributed by atoms with Crippen molar-refractivity contribution in [1.29, 1.82) is 5.26 Å². The molecule has 0 aromatic carbocycles. The van der Waals surface area contributed by atoms with E-state index in [1.165, 1.54) is 0 Å². The molecule has 2 heterocycles. The van der Waals surface area contributed by atoms with E-state index in [2.05, 4.69) is 4.98 Å². The van der Waals surface area contributed by atoms with Gasteiger partial charge in [-0.2, -0.15) is 10.2 Å². The molecule has 0 spiro atoms. The van der Waals surface area contributed by atoms with Crippen molar-refractivity contribution in [2.45, 2.75) is 13.3 Å². The summed E-state index contributed by atoms with van der Waals surface area (Å²) in [4.78, 5) is 3.97. The van der Waals surface area contributed by atoms with Gasteiger partial charge in [0.1, 0.15) is 11.8 Å². The van der Waals surface area contributed by atoms with Crippen LogP contribution < -0.4 is 5.73 Å². The molecule has 15 heavy (non-hydrogen) atoms. The molecule has 5 nitrogen and oxygen atoms in total. The summed E-state index contributed by atoms with van der Waals surface area (Å²) in [7, 11) is 0. The van der Waals surface area contributed by atoms with Gasteiger partial charge in [-0.3, -0.25) is 0 Å². The van der Waals surface area contributed by atoms with Gasteiger partial charge in [-0.25, -0.2) is 0 Å². The number of nitrogen functional groups attached to an aromatic ring is 1. The maximum atomic E-state index is 8.68. The number of aryl methyl sites for hydroxylation is 1. The minimum Gasteiger partial charge on any atom is -0.469 e. The quantitative estimate of drug-likeness (QED) is 0.805. The second-order valence-corrected chi connectivity index (χ2v) is 2.95. The van der Waals surface area contributed by atoms with Gasteiger partial charge in [0.15, 0.2) is 0 Å². The summed E-state index contributed by atoms with van der Waals surface area (Å²) in [5.74, 6) is 1.13. The van der Waals surface area contributed by atoms with Crippen LogP contribution in [-0.2, 0) is 6.42 Å². The lowest BCUT2D eigenvalue weighted by Crippen LogP contribution is -1.84. The van der Waals surface area contributed by atoms with Gasteiger partial charge in [0, 0.05) is 6.42 Å². The summed E-state index contributed by atoms with van der Waals surface area (Å²) >= 11 is 0. The molecule has 5 heteroatoms. The Hall–Kier alpha value is -2.22. The first kappa shape index (κ1) is 9.34. The molecule has 0 aliphatic heterocycles. The van der Waals surface area contributed by atoms with Crippen LogP contribution in [0, 0.1) is 11.3 Å². The number of anilines is 1. The fourth-order valence-electron chi connectivity index (χ4n) is 1.33. The zero-order valence-corrected chi connectivity index (χ0v) is 8.15. The van der Waals surface area contributed by atoms with Crippen LogP contribution in [-0.4, -0.2) is 4.98 Å². The highest BCUT2D eigenvalue weighted by molar-refractivity contribution is 5.59. The number of hydrogen-bond donors (Lipinski definition) is 1. The van der Waals surface area contributed by atoms with Gasteiger partial charge >= 0.3 is 0 Å². The summed E-state index contributed by atoms with van der Waals surface area (Å²) in [5, 5.41) is 8.68. The zero-order valence-electron chi connectivity index (χ0n) is 8.15. The Morgan fingerprint density at radius 2 is 2.40 bits per heavy atom. The predicted octanol–water partition coefficient (Wildman–Crippen LogP) is 1.95. The summed E-state index contributed by atoms with van der Waals surface area (Å²) in [6.45, 7) is 1.96. The molecule has 0 amide bonds. The van der Waals surface area contributed by atoms with Crippen LogP contribution in [0.15, 0.2) is 21.2 Å². The molecule has 0 saturated carbocycles. The van der Waals surface area contributed by atoms with Gasteiger partial charge in [0.05, 0.1) is 11.8 Å². The van der Waals surface area contributed by atoms with Crippen molar-refractivity contribution in [2.75, 3.05) is 5.73 Å². The fraction of sp³-hybridized carbons (Fsp3) is 0.200. The minimum atomic E-state index is 0.0377. The molecule has 0 unspecified atom stereocenters. The van der Waals surface area contributed by atoms with Crippen molar-refractivity contribution >= 4 is 5.88 Å². The SMILES string of the molecule is CCc1occc1-c1nc(C#N)c(N)o1. The van der Waals surface area contributed by atoms with E-state index < -0.39 is 0 Å². The number of nitrogens with two attached hydrogens (primary N) is 1.